The molecule has 2 aromatic carbocycles. The van der Waals surface area contributed by atoms with Crippen LogP contribution in [0.15, 0.2) is 48.5 Å². The summed E-state index contributed by atoms with van der Waals surface area (Å²) in [6.45, 7) is 0.522. The van der Waals surface area contributed by atoms with Gasteiger partial charge in [-0.15, -0.1) is 0 Å². The van der Waals surface area contributed by atoms with Gasteiger partial charge in [0.1, 0.15) is 17.6 Å². The molecule has 30 heavy (non-hydrogen) atoms. The number of benzene rings is 2. The lowest BCUT2D eigenvalue weighted by Gasteiger charge is -2.35. The number of rotatable bonds is 3. The first-order chi connectivity index (χ1) is 14.4. The Morgan fingerprint density at radius 2 is 1.90 bits per heavy atom. The molecule has 150 valence electrons. The van der Waals surface area contributed by atoms with Gasteiger partial charge in [0.2, 0.25) is 0 Å². The zero-order chi connectivity index (χ0) is 21.4. The minimum atomic E-state index is -0.776. The lowest BCUT2D eigenvalue weighted by molar-refractivity contribution is 0.0995. The van der Waals surface area contributed by atoms with E-state index in [1.165, 1.54) is 23.1 Å². The summed E-state index contributed by atoms with van der Waals surface area (Å²) in [4.78, 5) is 26.1. The summed E-state index contributed by atoms with van der Waals surface area (Å²) in [7, 11) is 0. The van der Waals surface area contributed by atoms with Gasteiger partial charge >= 0.3 is 6.03 Å². The fourth-order valence-electron chi connectivity index (χ4n) is 3.84. The van der Waals surface area contributed by atoms with Gasteiger partial charge < -0.3 is 16.4 Å². The second-order valence-corrected chi connectivity index (χ2v) is 6.88. The summed E-state index contributed by atoms with van der Waals surface area (Å²) in [6.07, 6.45) is 0. The summed E-state index contributed by atoms with van der Waals surface area (Å²) in [5.41, 5.74) is 13.4. The number of hydrogen-bond acceptors (Lipinski definition) is 4. The van der Waals surface area contributed by atoms with Gasteiger partial charge in [0.15, 0.2) is 0 Å². The highest BCUT2D eigenvalue weighted by Crippen LogP contribution is 2.38. The van der Waals surface area contributed by atoms with Crippen molar-refractivity contribution in [3.63, 3.8) is 0 Å². The number of amides is 3. The number of fused-ring (bicyclic) bond motifs is 1. The molecule has 4 N–H and O–H groups in total. The van der Waals surface area contributed by atoms with Gasteiger partial charge in [-0.2, -0.15) is 10.4 Å². The highest BCUT2D eigenvalue weighted by molar-refractivity contribution is 6.00. The number of primary amides is 2. The van der Waals surface area contributed by atoms with Crippen molar-refractivity contribution < 1.29 is 14.0 Å². The standard InChI is InChI=1S/C21H17FN6O2/c22-15-6-2-4-13(10-15)17-16(20(24)29)19-18(14-5-1-3-12(9-14)11-23)27(21(25)30)7-8-28(19)26-17/h1-6,9-10,18H,7-8H2,(H2,24,29)(H2,25,30). The molecule has 2 heterocycles. The van der Waals surface area contributed by atoms with Gasteiger partial charge in [0, 0.05) is 12.1 Å². The number of hydrogen-bond donors (Lipinski definition) is 2. The van der Waals surface area contributed by atoms with Crippen molar-refractivity contribution in [1.82, 2.24) is 14.7 Å². The molecule has 1 atom stereocenters. The van der Waals surface area contributed by atoms with Crippen LogP contribution in [-0.2, 0) is 6.54 Å². The molecule has 0 saturated carbocycles. The monoisotopic (exact) mass is 404 g/mol. The maximum atomic E-state index is 13.8. The van der Waals surface area contributed by atoms with E-state index in [1.54, 1.807) is 35.0 Å². The molecule has 0 aliphatic carbocycles. The van der Waals surface area contributed by atoms with E-state index in [-0.39, 0.29) is 24.3 Å². The minimum Gasteiger partial charge on any atom is -0.365 e. The molecule has 0 bridgehead atoms. The molecule has 4 rings (SSSR count). The van der Waals surface area contributed by atoms with Crippen molar-refractivity contribution in [3.8, 4) is 17.3 Å². The second-order valence-electron chi connectivity index (χ2n) is 6.88. The number of carbonyl (C=O) groups excluding carboxylic acids is 2. The number of nitrogens with two attached hydrogens (primary N) is 2. The highest BCUT2D eigenvalue weighted by Gasteiger charge is 2.38. The molecule has 3 aromatic rings. The average Bonchev–Trinajstić information content (AvgIpc) is 3.13. The first-order valence-electron chi connectivity index (χ1n) is 9.13. The molecular weight excluding hydrogens is 387 g/mol. The smallest absolute Gasteiger partial charge is 0.315 e. The molecule has 1 aromatic heterocycles. The SMILES string of the molecule is N#Cc1cccc(C2c3c(C(N)=O)c(-c4cccc(F)c4)nn3CCN2C(N)=O)c1. The number of carbonyl (C=O) groups is 2. The lowest BCUT2D eigenvalue weighted by atomic mass is 9.93. The van der Waals surface area contributed by atoms with Gasteiger partial charge in [0.05, 0.1) is 29.4 Å². The molecule has 9 heteroatoms. The Balaban J connectivity index is 1.99. The number of nitrogens with zero attached hydrogens (tertiary/aromatic N) is 4. The van der Waals surface area contributed by atoms with E-state index in [2.05, 4.69) is 11.2 Å². The van der Waals surface area contributed by atoms with Crippen LogP contribution in [0.2, 0.25) is 0 Å². The third kappa shape index (κ3) is 3.14. The van der Waals surface area contributed by atoms with Gasteiger partial charge in [-0.3, -0.25) is 9.48 Å². The Hall–Kier alpha value is -4.19. The molecular formula is C21H17FN6O2. The molecule has 8 nitrogen and oxygen atoms in total. The van der Waals surface area contributed by atoms with E-state index < -0.39 is 23.8 Å². The fraction of sp³-hybridized carbons (Fsp3) is 0.143. The number of nitriles is 1. The zero-order valence-corrected chi connectivity index (χ0v) is 15.7. The van der Waals surface area contributed by atoms with E-state index in [0.717, 1.165) is 0 Å². The van der Waals surface area contributed by atoms with Gasteiger partial charge in [-0.05, 0) is 29.8 Å². The third-order valence-corrected chi connectivity index (χ3v) is 5.07. The van der Waals surface area contributed by atoms with E-state index in [0.29, 0.717) is 22.4 Å². The van der Waals surface area contributed by atoms with Crippen molar-refractivity contribution >= 4 is 11.9 Å². The van der Waals surface area contributed by atoms with Crippen LogP contribution >= 0.6 is 0 Å². The summed E-state index contributed by atoms with van der Waals surface area (Å²) < 4.78 is 15.4. The second kappa shape index (κ2) is 7.33. The Morgan fingerprint density at radius 3 is 2.57 bits per heavy atom. The van der Waals surface area contributed by atoms with Crippen LogP contribution in [-0.4, -0.2) is 33.2 Å². The molecule has 1 aliphatic rings. The molecule has 0 fully saturated rings. The van der Waals surface area contributed by atoms with Crippen molar-refractivity contribution in [3.05, 3.63) is 76.7 Å². The Morgan fingerprint density at radius 1 is 1.13 bits per heavy atom. The molecule has 0 saturated heterocycles. The van der Waals surface area contributed by atoms with Gasteiger partial charge in [0.25, 0.3) is 5.91 Å². The Kier molecular flexibility index (Phi) is 4.68. The molecule has 1 aliphatic heterocycles. The van der Waals surface area contributed by atoms with Crippen LogP contribution < -0.4 is 11.5 Å². The summed E-state index contributed by atoms with van der Waals surface area (Å²) in [5.74, 6) is -1.24. The number of urea groups is 1. The first-order valence-corrected chi connectivity index (χ1v) is 9.13. The number of halogens is 1. The quantitative estimate of drug-likeness (QED) is 0.692. The summed E-state index contributed by atoms with van der Waals surface area (Å²) >= 11 is 0. The van der Waals surface area contributed by atoms with E-state index in [9.17, 15) is 19.2 Å². The zero-order valence-electron chi connectivity index (χ0n) is 15.7. The summed E-state index contributed by atoms with van der Waals surface area (Å²) in [6, 6.07) is 12.9. The lowest BCUT2D eigenvalue weighted by Crippen LogP contribution is -2.46. The van der Waals surface area contributed by atoms with E-state index in [4.69, 9.17) is 11.5 Å². The minimum absolute atomic E-state index is 0.0823. The van der Waals surface area contributed by atoms with Crippen molar-refractivity contribution in [2.24, 2.45) is 11.5 Å². The topological polar surface area (TPSA) is 131 Å². The van der Waals surface area contributed by atoms with E-state index >= 15 is 0 Å². The fourth-order valence-corrected chi connectivity index (χ4v) is 3.84. The maximum Gasteiger partial charge on any atom is 0.315 e. The van der Waals surface area contributed by atoms with Gasteiger partial charge in [-0.25, -0.2) is 9.18 Å². The first kappa shape index (κ1) is 19.1. The highest BCUT2D eigenvalue weighted by atomic mass is 19.1. The van der Waals surface area contributed by atoms with Crippen molar-refractivity contribution in [2.75, 3.05) is 6.54 Å². The van der Waals surface area contributed by atoms with Crippen LogP contribution in [0, 0.1) is 17.1 Å². The normalized spacial score (nSPS) is 15.3. The van der Waals surface area contributed by atoms with Crippen LogP contribution in [0.25, 0.3) is 11.3 Å². The van der Waals surface area contributed by atoms with E-state index in [1.807, 2.05) is 0 Å². The van der Waals surface area contributed by atoms with Crippen LogP contribution in [0.1, 0.15) is 33.2 Å². The Bertz CT molecular complexity index is 1210. The van der Waals surface area contributed by atoms with Crippen LogP contribution in [0.4, 0.5) is 9.18 Å². The Labute approximate surface area is 171 Å². The largest absolute Gasteiger partial charge is 0.365 e. The molecule has 1 unspecified atom stereocenters. The average molecular weight is 404 g/mol. The number of aromatic nitrogens is 2. The van der Waals surface area contributed by atoms with Crippen molar-refractivity contribution in [1.29, 1.82) is 5.26 Å². The molecule has 3 amide bonds. The maximum absolute atomic E-state index is 13.8. The predicted octanol–water partition coefficient (Wildman–Crippen LogP) is 2.14. The third-order valence-electron chi connectivity index (χ3n) is 5.07. The molecule has 0 radical (unpaired) electrons. The molecule has 0 spiro atoms. The van der Waals surface area contributed by atoms with Crippen LogP contribution in [0.5, 0.6) is 0 Å². The summed E-state index contributed by atoms with van der Waals surface area (Å²) in [5, 5.41) is 13.8. The van der Waals surface area contributed by atoms with Gasteiger partial charge in [-0.1, -0.05) is 24.3 Å². The van der Waals surface area contributed by atoms with Crippen molar-refractivity contribution in [2.45, 2.75) is 12.6 Å². The predicted molar refractivity (Wildman–Crippen MR) is 105 cm³/mol. The van der Waals surface area contributed by atoms with Crippen LogP contribution in [0.3, 0.4) is 0 Å².